The van der Waals surface area contributed by atoms with Gasteiger partial charge < -0.3 is 10.6 Å². The minimum atomic E-state index is 0.164. The smallest absolute Gasteiger partial charge is 0.226 e. The van der Waals surface area contributed by atoms with Crippen LogP contribution < -0.4 is 10.6 Å². The van der Waals surface area contributed by atoms with Gasteiger partial charge in [0.2, 0.25) is 5.91 Å². The maximum atomic E-state index is 12.0. The molecule has 0 unspecified atom stereocenters. The quantitative estimate of drug-likeness (QED) is 0.592. The highest BCUT2D eigenvalue weighted by molar-refractivity contribution is 5.93. The van der Waals surface area contributed by atoms with E-state index in [4.69, 9.17) is 5.73 Å². The number of benzene rings is 1. The number of anilines is 2. The third-order valence-corrected chi connectivity index (χ3v) is 3.13. The second kappa shape index (κ2) is 7.75. The van der Waals surface area contributed by atoms with Crippen molar-refractivity contribution in [3.05, 3.63) is 24.3 Å². The van der Waals surface area contributed by atoms with Crippen LogP contribution in [0.2, 0.25) is 0 Å². The van der Waals surface area contributed by atoms with Crippen molar-refractivity contribution in [2.75, 3.05) is 17.7 Å². The molecule has 0 aliphatic heterocycles. The van der Waals surface area contributed by atoms with Crippen LogP contribution in [-0.2, 0) is 4.79 Å². The summed E-state index contributed by atoms with van der Waals surface area (Å²) in [7, 11) is 1.81. The normalized spacial score (nSPS) is 10.3. The zero-order valence-electron chi connectivity index (χ0n) is 11.5. The molecule has 0 fully saturated rings. The molecule has 0 aliphatic carbocycles. The predicted octanol–water partition coefficient (Wildman–Crippen LogP) is 3.59. The van der Waals surface area contributed by atoms with Crippen LogP contribution in [0.25, 0.3) is 0 Å². The minimum Gasteiger partial charge on any atom is -0.399 e. The van der Waals surface area contributed by atoms with Gasteiger partial charge in [-0.15, -0.1) is 0 Å². The highest BCUT2D eigenvalue weighted by Crippen LogP contribution is 2.17. The zero-order valence-corrected chi connectivity index (χ0v) is 11.5. The monoisotopic (exact) mass is 248 g/mol. The van der Waals surface area contributed by atoms with Crippen molar-refractivity contribution in [1.29, 1.82) is 0 Å². The average molecular weight is 248 g/mol. The third-order valence-electron chi connectivity index (χ3n) is 3.13. The molecule has 0 aliphatic rings. The number of hydrogen-bond donors (Lipinski definition) is 1. The number of carbonyl (C=O) groups excluding carboxylic acids is 1. The lowest BCUT2D eigenvalue weighted by atomic mass is 10.1. The Morgan fingerprint density at radius 3 is 2.61 bits per heavy atom. The molecule has 0 saturated heterocycles. The molecule has 0 heterocycles. The number of nitrogens with two attached hydrogens (primary N) is 1. The van der Waals surface area contributed by atoms with Crippen LogP contribution in [-0.4, -0.2) is 13.0 Å². The molecule has 1 aromatic carbocycles. The molecule has 1 amide bonds. The van der Waals surface area contributed by atoms with Crippen LogP contribution >= 0.6 is 0 Å². The lowest BCUT2D eigenvalue weighted by molar-refractivity contribution is -0.118. The van der Waals surface area contributed by atoms with Crippen molar-refractivity contribution in [2.45, 2.75) is 45.4 Å². The van der Waals surface area contributed by atoms with E-state index in [0.717, 1.165) is 18.5 Å². The molecule has 0 spiro atoms. The minimum absolute atomic E-state index is 0.164. The summed E-state index contributed by atoms with van der Waals surface area (Å²) < 4.78 is 0. The first kappa shape index (κ1) is 14.6. The van der Waals surface area contributed by atoms with Crippen LogP contribution in [0.15, 0.2) is 24.3 Å². The molecule has 3 nitrogen and oxygen atoms in total. The van der Waals surface area contributed by atoms with Crippen molar-refractivity contribution in [3.63, 3.8) is 0 Å². The van der Waals surface area contributed by atoms with Crippen molar-refractivity contribution in [2.24, 2.45) is 0 Å². The van der Waals surface area contributed by atoms with E-state index >= 15 is 0 Å². The molecule has 18 heavy (non-hydrogen) atoms. The van der Waals surface area contributed by atoms with Crippen molar-refractivity contribution >= 4 is 17.3 Å². The maximum Gasteiger partial charge on any atom is 0.226 e. The summed E-state index contributed by atoms with van der Waals surface area (Å²) in [5.74, 6) is 0.164. The number of nitrogens with zero attached hydrogens (tertiary/aromatic N) is 1. The molecular weight excluding hydrogens is 224 g/mol. The fraction of sp³-hybridized carbons (Fsp3) is 0.533. The number of carbonyl (C=O) groups is 1. The molecule has 0 bridgehead atoms. The Labute approximate surface area is 110 Å². The molecule has 100 valence electrons. The zero-order chi connectivity index (χ0) is 13.4. The Kier molecular flexibility index (Phi) is 6.26. The van der Waals surface area contributed by atoms with Gasteiger partial charge in [-0.2, -0.15) is 0 Å². The van der Waals surface area contributed by atoms with E-state index in [1.165, 1.54) is 19.3 Å². The Bertz CT molecular complexity index is 377. The van der Waals surface area contributed by atoms with E-state index in [2.05, 4.69) is 6.92 Å². The summed E-state index contributed by atoms with van der Waals surface area (Å²) >= 11 is 0. The molecular formula is C15H24N2O. The molecule has 0 radical (unpaired) electrons. The highest BCUT2D eigenvalue weighted by atomic mass is 16.2. The van der Waals surface area contributed by atoms with Gasteiger partial charge >= 0.3 is 0 Å². The lowest BCUT2D eigenvalue weighted by Gasteiger charge is -2.17. The van der Waals surface area contributed by atoms with E-state index in [1.54, 1.807) is 4.90 Å². The van der Waals surface area contributed by atoms with E-state index in [9.17, 15) is 4.79 Å². The molecule has 3 heteroatoms. The fourth-order valence-corrected chi connectivity index (χ4v) is 1.92. The lowest BCUT2D eigenvalue weighted by Crippen LogP contribution is -2.25. The summed E-state index contributed by atoms with van der Waals surface area (Å²) in [5, 5.41) is 0. The summed E-state index contributed by atoms with van der Waals surface area (Å²) in [6.07, 6.45) is 6.47. The first-order valence-electron chi connectivity index (χ1n) is 6.77. The van der Waals surface area contributed by atoms with Crippen LogP contribution in [0, 0.1) is 0 Å². The summed E-state index contributed by atoms with van der Waals surface area (Å²) in [6, 6.07) is 7.43. The number of unbranched alkanes of at least 4 members (excludes halogenated alkanes) is 4. The van der Waals surface area contributed by atoms with Gasteiger partial charge in [-0.05, 0) is 24.6 Å². The van der Waals surface area contributed by atoms with Crippen molar-refractivity contribution in [3.8, 4) is 0 Å². The number of hydrogen-bond acceptors (Lipinski definition) is 2. The van der Waals surface area contributed by atoms with Gasteiger partial charge in [-0.3, -0.25) is 4.79 Å². The number of rotatable bonds is 7. The predicted molar refractivity (Wildman–Crippen MR) is 77.6 cm³/mol. The van der Waals surface area contributed by atoms with Gasteiger partial charge in [0.15, 0.2) is 0 Å². The van der Waals surface area contributed by atoms with Crippen LogP contribution in [0.5, 0.6) is 0 Å². The van der Waals surface area contributed by atoms with Crippen LogP contribution in [0.1, 0.15) is 45.4 Å². The standard InChI is InChI=1S/C15H24N2O/c1-3-4-5-6-7-11-15(18)17(2)14-10-8-9-13(16)12-14/h8-10,12H,3-7,11,16H2,1-2H3. The fourth-order valence-electron chi connectivity index (χ4n) is 1.92. The van der Waals surface area contributed by atoms with Gasteiger partial charge in [0.1, 0.15) is 0 Å². The number of amides is 1. The van der Waals surface area contributed by atoms with Crippen molar-refractivity contribution in [1.82, 2.24) is 0 Å². The Morgan fingerprint density at radius 1 is 1.22 bits per heavy atom. The number of nitrogen functional groups attached to an aromatic ring is 1. The Balaban J connectivity index is 2.37. The molecule has 0 aromatic heterocycles. The highest BCUT2D eigenvalue weighted by Gasteiger charge is 2.10. The van der Waals surface area contributed by atoms with E-state index in [-0.39, 0.29) is 5.91 Å². The van der Waals surface area contributed by atoms with Gasteiger partial charge in [0, 0.05) is 24.8 Å². The van der Waals surface area contributed by atoms with Gasteiger partial charge in [0.25, 0.3) is 0 Å². The molecule has 1 aromatic rings. The SMILES string of the molecule is CCCCCCCC(=O)N(C)c1cccc(N)c1. The Hall–Kier alpha value is -1.51. The van der Waals surface area contributed by atoms with E-state index in [0.29, 0.717) is 12.1 Å². The van der Waals surface area contributed by atoms with Gasteiger partial charge in [-0.25, -0.2) is 0 Å². The summed E-state index contributed by atoms with van der Waals surface area (Å²) in [4.78, 5) is 13.7. The summed E-state index contributed by atoms with van der Waals surface area (Å²) in [5.41, 5.74) is 7.27. The summed E-state index contributed by atoms with van der Waals surface area (Å²) in [6.45, 7) is 2.19. The molecule has 0 atom stereocenters. The largest absolute Gasteiger partial charge is 0.399 e. The molecule has 0 saturated carbocycles. The average Bonchev–Trinajstić information content (AvgIpc) is 2.37. The van der Waals surface area contributed by atoms with Gasteiger partial charge in [0.05, 0.1) is 0 Å². The second-order valence-corrected chi connectivity index (χ2v) is 4.71. The van der Waals surface area contributed by atoms with E-state index < -0.39 is 0 Å². The Morgan fingerprint density at radius 2 is 1.94 bits per heavy atom. The first-order valence-corrected chi connectivity index (χ1v) is 6.77. The second-order valence-electron chi connectivity index (χ2n) is 4.71. The molecule has 1 rings (SSSR count). The first-order chi connectivity index (χ1) is 8.65. The van der Waals surface area contributed by atoms with E-state index in [1.807, 2.05) is 31.3 Å². The van der Waals surface area contributed by atoms with Crippen LogP contribution in [0.4, 0.5) is 11.4 Å². The van der Waals surface area contributed by atoms with Crippen LogP contribution in [0.3, 0.4) is 0 Å². The topological polar surface area (TPSA) is 46.3 Å². The van der Waals surface area contributed by atoms with Crippen molar-refractivity contribution < 1.29 is 4.79 Å². The maximum absolute atomic E-state index is 12.0. The van der Waals surface area contributed by atoms with Gasteiger partial charge in [-0.1, -0.05) is 38.7 Å². The third kappa shape index (κ3) is 4.78. The molecule has 2 N–H and O–H groups in total.